The average molecular weight is 724 g/mol. The van der Waals surface area contributed by atoms with Gasteiger partial charge in [-0.05, 0) is 82.8 Å². The van der Waals surface area contributed by atoms with Crippen molar-refractivity contribution in [3.63, 3.8) is 0 Å². The molecule has 0 unspecified atom stereocenters. The largest absolute Gasteiger partial charge is 0.493 e. The van der Waals surface area contributed by atoms with Crippen LogP contribution < -0.4 is 20.3 Å². The summed E-state index contributed by atoms with van der Waals surface area (Å²) in [5.41, 5.74) is 1.19. The van der Waals surface area contributed by atoms with Gasteiger partial charge in [0.2, 0.25) is 0 Å². The molecule has 0 aliphatic carbocycles. The molecule has 1 amide bonds. The molecule has 4 rings (SSSR count). The molecule has 3 aromatic carbocycles. The van der Waals surface area contributed by atoms with Crippen LogP contribution in [0.4, 0.5) is 5.69 Å². The molecule has 8 nitrogen and oxygen atoms in total. The number of carbonyl (C=O) groups excluding carboxylic acids is 1. The summed E-state index contributed by atoms with van der Waals surface area (Å²) < 4.78 is 14.1. The molecule has 39 heavy (non-hydrogen) atoms. The first-order chi connectivity index (χ1) is 18.5. The van der Waals surface area contributed by atoms with Crippen LogP contribution in [0, 0.1) is 3.57 Å². The van der Waals surface area contributed by atoms with Crippen molar-refractivity contribution in [3.05, 3.63) is 89.4 Å². The van der Waals surface area contributed by atoms with E-state index in [0.717, 1.165) is 4.47 Å². The zero-order valence-corrected chi connectivity index (χ0v) is 26.1. The molecule has 0 bridgehead atoms. The van der Waals surface area contributed by atoms with Crippen LogP contribution in [0.1, 0.15) is 32.2 Å². The molecule has 1 heterocycles. The van der Waals surface area contributed by atoms with Crippen LogP contribution >= 0.6 is 50.1 Å². The summed E-state index contributed by atoms with van der Waals surface area (Å²) in [4.78, 5) is 30.5. The van der Waals surface area contributed by atoms with E-state index in [0.29, 0.717) is 48.1 Å². The molecule has 0 atom stereocenters. The quantitative estimate of drug-likeness (QED) is 0.171. The van der Waals surface area contributed by atoms with Gasteiger partial charge in [0.1, 0.15) is 5.82 Å². The van der Waals surface area contributed by atoms with Crippen molar-refractivity contribution in [2.45, 2.75) is 26.2 Å². The number of amides is 1. The Morgan fingerprint density at radius 3 is 2.56 bits per heavy atom. The van der Waals surface area contributed by atoms with Crippen LogP contribution in [0.5, 0.6) is 11.5 Å². The summed E-state index contributed by atoms with van der Waals surface area (Å²) in [5, 5.41) is 8.32. The fraction of sp³-hybridized carbons (Fsp3) is 0.214. The number of aromatic nitrogens is 2. The Morgan fingerprint density at radius 1 is 1.18 bits per heavy atom. The number of fused-ring (bicyclic) bond motifs is 1. The SMILES string of the molecule is COc1cc(C=Nn2c(C(C)(C)C)nc3ccc(Br)cc3c2=O)cc(I)c1OCC(=O)Nc1ccc(Cl)cc1. The number of carbonyl (C=O) groups is 1. The van der Waals surface area contributed by atoms with E-state index in [9.17, 15) is 9.59 Å². The second-order valence-corrected chi connectivity index (χ2v) is 12.1. The maximum atomic E-state index is 13.4. The maximum absolute atomic E-state index is 13.4. The summed E-state index contributed by atoms with van der Waals surface area (Å²) in [6.45, 7) is 5.72. The Kier molecular flexibility index (Phi) is 8.97. The zero-order valence-electron chi connectivity index (χ0n) is 21.6. The van der Waals surface area contributed by atoms with E-state index >= 15 is 0 Å². The number of rotatable bonds is 7. The predicted molar refractivity (Wildman–Crippen MR) is 167 cm³/mol. The van der Waals surface area contributed by atoms with E-state index in [4.69, 9.17) is 26.1 Å². The first kappa shape index (κ1) is 29.0. The number of nitrogens with one attached hydrogen (secondary N) is 1. The molecule has 0 aliphatic heterocycles. The molecule has 4 aromatic rings. The van der Waals surface area contributed by atoms with E-state index < -0.39 is 5.41 Å². The number of anilines is 1. The molecule has 0 radical (unpaired) electrons. The molecular weight excluding hydrogens is 699 g/mol. The van der Waals surface area contributed by atoms with Gasteiger partial charge in [-0.3, -0.25) is 9.59 Å². The van der Waals surface area contributed by atoms with Gasteiger partial charge in [-0.1, -0.05) is 48.3 Å². The number of hydrogen-bond donors (Lipinski definition) is 1. The van der Waals surface area contributed by atoms with E-state index in [1.165, 1.54) is 11.8 Å². The molecule has 0 saturated carbocycles. The smallest absolute Gasteiger partial charge is 0.282 e. The molecule has 0 aliphatic rings. The van der Waals surface area contributed by atoms with Crippen molar-refractivity contribution in [2.75, 3.05) is 19.0 Å². The lowest BCUT2D eigenvalue weighted by molar-refractivity contribution is -0.118. The van der Waals surface area contributed by atoms with Crippen LogP contribution in [0.15, 0.2) is 69.0 Å². The first-order valence-corrected chi connectivity index (χ1v) is 14.0. The van der Waals surface area contributed by atoms with Gasteiger partial charge in [-0.25, -0.2) is 4.98 Å². The van der Waals surface area contributed by atoms with Gasteiger partial charge in [-0.2, -0.15) is 9.78 Å². The fourth-order valence-electron chi connectivity index (χ4n) is 3.69. The van der Waals surface area contributed by atoms with E-state index in [1.807, 2.05) is 39.0 Å². The van der Waals surface area contributed by atoms with Crippen LogP contribution in [0.2, 0.25) is 5.02 Å². The molecule has 0 fully saturated rings. The van der Waals surface area contributed by atoms with Crippen molar-refractivity contribution >= 4 is 78.8 Å². The lowest BCUT2D eigenvalue weighted by atomic mass is 9.95. The summed E-state index contributed by atoms with van der Waals surface area (Å²) in [6, 6.07) is 15.8. The molecule has 1 N–H and O–H groups in total. The number of benzene rings is 3. The number of halogens is 3. The second kappa shape index (κ2) is 12.1. The predicted octanol–water partition coefficient (Wildman–Crippen LogP) is 6.62. The highest BCUT2D eigenvalue weighted by molar-refractivity contribution is 14.1. The maximum Gasteiger partial charge on any atom is 0.282 e. The van der Waals surface area contributed by atoms with E-state index in [-0.39, 0.29) is 18.1 Å². The topological polar surface area (TPSA) is 94.8 Å². The number of hydrogen-bond acceptors (Lipinski definition) is 6. The highest BCUT2D eigenvalue weighted by atomic mass is 127. The Labute approximate surface area is 252 Å². The molecule has 11 heteroatoms. The Balaban J connectivity index is 1.61. The van der Waals surface area contributed by atoms with Gasteiger partial charge in [0.05, 0.1) is 27.8 Å². The van der Waals surface area contributed by atoms with Gasteiger partial charge < -0.3 is 14.8 Å². The lowest BCUT2D eigenvalue weighted by Crippen LogP contribution is -2.29. The minimum Gasteiger partial charge on any atom is -0.493 e. The van der Waals surface area contributed by atoms with Crippen molar-refractivity contribution < 1.29 is 14.3 Å². The Bertz CT molecular complexity index is 1630. The van der Waals surface area contributed by atoms with Crippen molar-refractivity contribution in [1.29, 1.82) is 0 Å². The summed E-state index contributed by atoms with van der Waals surface area (Å²) in [5.74, 6) is 1.05. The Morgan fingerprint density at radius 2 is 1.90 bits per heavy atom. The minimum absolute atomic E-state index is 0.217. The molecule has 0 saturated heterocycles. The van der Waals surface area contributed by atoms with Gasteiger partial charge in [0.25, 0.3) is 11.5 Å². The third-order valence-corrected chi connectivity index (χ3v) is 7.08. The minimum atomic E-state index is -0.436. The molecule has 0 spiro atoms. The monoisotopic (exact) mass is 722 g/mol. The molecule has 202 valence electrons. The molecule has 1 aromatic heterocycles. The van der Waals surface area contributed by atoms with Crippen molar-refractivity contribution in [2.24, 2.45) is 5.10 Å². The van der Waals surface area contributed by atoms with Crippen LogP contribution in [0.3, 0.4) is 0 Å². The third kappa shape index (κ3) is 6.98. The van der Waals surface area contributed by atoms with E-state index in [1.54, 1.807) is 42.6 Å². The summed E-state index contributed by atoms with van der Waals surface area (Å²) >= 11 is 11.4. The summed E-state index contributed by atoms with van der Waals surface area (Å²) in [6.07, 6.45) is 1.57. The van der Waals surface area contributed by atoms with Crippen LogP contribution in [-0.2, 0) is 10.2 Å². The van der Waals surface area contributed by atoms with Gasteiger partial charge in [0, 0.05) is 20.6 Å². The van der Waals surface area contributed by atoms with Gasteiger partial charge in [0.15, 0.2) is 18.1 Å². The summed E-state index contributed by atoms with van der Waals surface area (Å²) in [7, 11) is 1.51. The number of nitrogens with zero attached hydrogens (tertiary/aromatic N) is 3. The standard InChI is InChI=1S/C28H25BrClIN4O4/c1-28(2,3)27-34-22-10-5-17(29)13-20(22)26(37)35(27)32-14-16-11-21(31)25(23(12-16)38-4)39-15-24(36)33-19-8-6-18(30)7-9-19/h5-14H,15H2,1-4H3,(H,33,36). The zero-order chi connectivity index (χ0) is 28.3. The second-order valence-electron chi connectivity index (χ2n) is 9.59. The van der Waals surface area contributed by atoms with Crippen molar-refractivity contribution in [1.82, 2.24) is 9.66 Å². The highest BCUT2D eigenvalue weighted by Gasteiger charge is 2.23. The fourth-order valence-corrected chi connectivity index (χ4v) is 4.96. The van der Waals surface area contributed by atoms with Crippen molar-refractivity contribution in [3.8, 4) is 11.5 Å². The average Bonchev–Trinajstić information content (AvgIpc) is 2.88. The Hall–Kier alpha value is -2.96. The van der Waals surface area contributed by atoms with Gasteiger partial charge in [-0.15, -0.1) is 0 Å². The first-order valence-electron chi connectivity index (χ1n) is 11.8. The lowest BCUT2D eigenvalue weighted by Gasteiger charge is -2.21. The molecular formula is C28H25BrClIN4O4. The van der Waals surface area contributed by atoms with Gasteiger partial charge >= 0.3 is 0 Å². The van der Waals surface area contributed by atoms with Crippen LogP contribution in [-0.4, -0.2) is 35.5 Å². The normalized spacial score (nSPS) is 11.7. The van der Waals surface area contributed by atoms with Crippen LogP contribution in [0.25, 0.3) is 10.9 Å². The highest BCUT2D eigenvalue weighted by Crippen LogP contribution is 2.33. The number of methoxy groups -OCH3 is 1. The van der Waals surface area contributed by atoms with E-state index in [2.05, 4.69) is 48.9 Å². The third-order valence-electron chi connectivity index (χ3n) is 5.53. The number of ether oxygens (including phenoxy) is 2.